The van der Waals surface area contributed by atoms with E-state index in [2.05, 4.69) is 46.6 Å². The van der Waals surface area contributed by atoms with E-state index >= 15 is 0 Å². The zero-order valence-corrected chi connectivity index (χ0v) is 18.7. The summed E-state index contributed by atoms with van der Waals surface area (Å²) in [6.07, 6.45) is 2.57. The maximum Gasteiger partial charge on any atom is 0.256 e. The van der Waals surface area contributed by atoms with Gasteiger partial charge in [0.15, 0.2) is 0 Å². The van der Waals surface area contributed by atoms with Gasteiger partial charge in [0.2, 0.25) is 5.95 Å². The minimum absolute atomic E-state index is 0.395. The van der Waals surface area contributed by atoms with Gasteiger partial charge in [-0.25, -0.2) is 4.98 Å². The third kappa shape index (κ3) is 4.63. The number of anilines is 3. The van der Waals surface area contributed by atoms with Crippen LogP contribution in [0.1, 0.15) is 11.4 Å². The van der Waals surface area contributed by atoms with Crippen molar-refractivity contribution >= 4 is 50.8 Å². The van der Waals surface area contributed by atoms with Crippen LogP contribution in [0.4, 0.5) is 17.5 Å². The zero-order chi connectivity index (χ0) is 21.1. The molecule has 4 aromatic rings. The van der Waals surface area contributed by atoms with E-state index in [1.54, 1.807) is 36.0 Å². The van der Waals surface area contributed by atoms with Gasteiger partial charge in [-0.2, -0.15) is 9.50 Å². The lowest BCUT2D eigenvalue weighted by Gasteiger charge is -2.09. The molecule has 0 aliphatic rings. The Kier molecular flexibility index (Phi) is 6.01. The molecule has 10 heteroatoms. The van der Waals surface area contributed by atoms with Gasteiger partial charge in [0.25, 0.3) is 5.78 Å². The van der Waals surface area contributed by atoms with E-state index < -0.39 is 0 Å². The van der Waals surface area contributed by atoms with Crippen LogP contribution in [0, 0.1) is 6.92 Å². The van der Waals surface area contributed by atoms with Gasteiger partial charge in [-0.3, -0.25) is 4.98 Å². The fourth-order valence-corrected chi connectivity index (χ4v) is 3.34. The first-order valence-corrected chi connectivity index (χ1v) is 10.4. The van der Waals surface area contributed by atoms with Gasteiger partial charge in [-0.05, 0) is 53.2 Å². The normalized spacial score (nSPS) is 10.9. The number of nitrogens with one attached hydrogen (secondary N) is 2. The lowest BCUT2D eigenvalue weighted by molar-refractivity contribution is 0.417. The molecule has 0 aliphatic carbocycles. The number of fused-ring (bicyclic) bond motifs is 1. The summed E-state index contributed by atoms with van der Waals surface area (Å²) in [6, 6.07) is 11.2. The topological polar surface area (TPSA) is 89.3 Å². The molecule has 0 amide bonds. The van der Waals surface area contributed by atoms with Crippen LogP contribution in [-0.4, -0.2) is 38.2 Å². The molecule has 30 heavy (non-hydrogen) atoms. The summed E-state index contributed by atoms with van der Waals surface area (Å²) in [5.41, 5.74) is 2.52. The molecule has 8 nitrogen and oxygen atoms in total. The molecule has 154 valence electrons. The number of benzene rings is 1. The SMILES string of the molecule is COc1ccc(Cl)cc1Nc1nc2nc(C)cc(NCCc3ccc(Br)cn3)n2n1. The molecule has 0 unspecified atom stereocenters. The molecular weight excluding hydrogens is 470 g/mol. The molecule has 0 aliphatic heterocycles. The van der Waals surface area contributed by atoms with Crippen molar-refractivity contribution in [3.05, 3.63) is 63.5 Å². The van der Waals surface area contributed by atoms with Gasteiger partial charge in [0, 0.05) is 46.1 Å². The van der Waals surface area contributed by atoms with Crippen molar-refractivity contribution in [2.75, 3.05) is 24.3 Å². The number of aromatic nitrogens is 5. The van der Waals surface area contributed by atoms with E-state index in [1.165, 1.54) is 0 Å². The van der Waals surface area contributed by atoms with Crippen LogP contribution < -0.4 is 15.4 Å². The standard InChI is InChI=1S/C20H19BrClN7O/c1-12-9-18(23-8-7-15-5-3-13(21)11-24-15)29-20(25-12)27-19(28-29)26-16-10-14(22)4-6-17(16)30-2/h3-6,9-11,23H,7-8H2,1-2H3,(H,26,28). The summed E-state index contributed by atoms with van der Waals surface area (Å²) in [5, 5.41) is 11.7. The Morgan fingerprint density at radius 2 is 2.03 bits per heavy atom. The highest BCUT2D eigenvalue weighted by atomic mass is 79.9. The van der Waals surface area contributed by atoms with Gasteiger partial charge in [-0.15, -0.1) is 5.10 Å². The summed E-state index contributed by atoms with van der Waals surface area (Å²) in [5.74, 6) is 2.32. The third-order valence-corrected chi connectivity index (χ3v) is 5.03. The number of ether oxygens (including phenoxy) is 1. The number of aryl methyl sites for hydroxylation is 1. The van der Waals surface area contributed by atoms with Gasteiger partial charge in [0.1, 0.15) is 11.6 Å². The molecule has 0 saturated carbocycles. The molecule has 0 fully saturated rings. The Morgan fingerprint density at radius 3 is 2.80 bits per heavy atom. The number of halogens is 2. The molecule has 0 saturated heterocycles. The molecule has 4 rings (SSSR count). The summed E-state index contributed by atoms with van der Waals surface area (Å²) < 4.78 is 8.00. The first kappa shape index (κ1) is 20.4. The quantitative estimate of drug-likeness (QED) is 0.391. The monoisotopic (exact) mass is 487 g/mol. The second kappa shape index (κ2) is 8.85. The summed E-state index contributed by atoms with van der Waals surface area (Å²) in [4.78, 5) is 13.4. The highest BCUT2D eigenvalue weighted by Crippen LogP contribution is 2.29. The maximum atomic E-state index is 6.11. The van der Waals surface area contributed by atoms with Crippen molar-refractivity contribution in [2.45, 2.75) is 13.3 Å². The van der Waals surface area contributed by atoms with Crippen LogP contribution in [0.2, 0.25) is 5.02 Å². The van der Waals surface area contributed by atoms with E-state index in [0.29, 0.717) is 34.7 Å². The van der Waals surface area contributed by atoms with Crippen molar-refractivity contribution in [1.82, 2.24) is 24.6 Å². The number of rotatable bonds is 7. The van der Waals surface area contributed by atoms with E-state index in [4.69, 9.17) is 16.3 Å². The second-order valence-corrected chi connectivity index (χ2v) is 7.90. The minimum atomic E-state index is 0.395. The Labute approximate surface area is 186 Å². The van der Waals surface area contributed by atoms with Crippen LogP contribution >= 0.6 is 27.5 Å². The summed E-state index contributed by atoms with van der Waals surface area (Å²) in [7, 11) is 1.60. The highest BCUT2D eigenvalue weighted by Gasteiger charge is 2.12. The molecule has 0 radical (unpaired) electrons. The molecule has 3 heterocycles. The Balaban J connectivity index is 1.55. The predicted molar refractivity (Wildman–Crippen MR) is 121 cm³/mol. The summed E-state index contributed by atoms with van der Waals surface area (Å²) >= 11 is 9.51. The van der Waals surface area contributed by atoms with Crippen LogP contribution in [0.5, 0.6) is 5.75 Å². The average molecular weight is 489 g/mol. The minimum Gasteiger partial charge on any atom is -0.495 e. The van der Waals surface area contributed by atoms with Crippen molar-refractivity contribution < 1.29 is 4.74 Å². The molecule has 0 atom stereocenters. The Morgan fingerprint density at radius 1 is 1.17 bits per heavy atom. The molecule has 0 spiro atoms. The third-order valence-electron chi connectivity index (χ3n) is 4.32. The molecule has 2 N–H and O–H groups in total. The molecule has 3 aromatic heterocycles. The largest absolute Gasteiger partial charge is 0.495 e. The zero-order valence-electron chi connectivity index (χ0n) is 16.4. The van der Waals surface area contributed by atoms with Crippen LogP contribution in [0.15, 0.2) is 47.1 Å². The van der Waals surface area contributed by atoms with E-state index in [9.17, 15) is 0 Å². The fraction of sp³-hybridized carbons (Fsp3) is 0.200. The first-order chi connectivity index (χ1) is 14.5. The fourth-order valence-electron chi connectivity index (χ4n) is 2.94. The van der Waals surface area contributed by atoms with Crippen LogP contribution in [-0.2, 0) is 6.42 Å². The lowest BCUT2D eigenvalue weighted by atomic mass is 10.3. The highest BCUT2D eigenvalue weighted by molar-refractivity contribution is 9.10. The Bertz CT molecular complexity index is 1180. The van der Waals surface area contributed by atoms with Gasteiger partial charge < -0.3 is 15.4 Å². The van der Waals surface area contributed by atoms with Gasteiger partial charge in [-0.1, -0.05) is 11.6 Å². The predicted octanol–water partition coefficient (Wildman–Crippen LogP) is 4.65. The smallest absolute Gasteiger partial charge is 0.256 e. The maximum absolute atomic E-state index is 6.11. The van der Waals surface area contributed by atoms with Crippen molar-refractivity contribution in [3.8, 4) is 5.75 Å². The average Bonchev–Trinajstić information content (AvgIpc) is 3.12. The number of methoxy groups -OCH3 is 1. The van der Waals surface area contributed by atoms with E-state index in [0.717, 1.165) is 28.1 Å². The number of hydrogen-bond donors (Lipinski definition) is 2. The van der Waals surface area contributed by atoms with E-state index in [1.807, 2.05) is 25.1 Å². The molecule has 0 bridgehead atoms. The van der Waals surface area contributed by atoms with Gasteiger partial charge in [0.05, 0.1) is 12.8 Å². The van der Waals surface area contributed by atoms with Crippen LogP contribution in [0.3, 0.4) is 0 Å². The summed E-state index contributed by atoms with van der Waals surface area (Å²) in [6.45, 7) is 2.61. The molecule has 1 aromatic carbocycles. The van der Waals surface area contributed by atoms with E-state index in [-0.39, 0.29) is 0 Å². The Hall–Kier alpha value is -2.91. The molecular formula is C20H19BrClN7O. The second-order valence-electron chi connectivity index (χ2n) is 6.54. The van der Waals surface area contributed by atoms with Crippen molar-refractivity contribution in [1.29, 1.82) is 0 Å². The number of hydrogen-bond acceptors (Lipinski definition) is 7. The van der Waals surface area contributed by atoms with Crippen LogP contribution in [0.25, 0.3) is 5.78 Å². The van der Waals surface area contributed by atoms with Crippen molar-refractivity contribution in [2.24, 2.45) is 0 Å². The van der Waals surface area contributed by atoms with Gasteiger partial charge >= 0.3 is 0 Å². The first-order valence-electron chi connectivity index (χ1n) is 9.21. The van der Waals surface area contributed by atoms with Crippen molar-refractivity contribution in [3.63, 3.8) is 0 Å². The lowest BCUT2D eigenvalue weighted by Crippen LogP contribution is -2.10. The number of pyridine rings is 1. The number of nitrogens with zero attached hydrogens (tertiary/aromatic N) is 5.